The summed E-state index contributed by atoms with van der Waals surface area (Å²) < 4.78 is 10.2. The van der Waals surface area contributed by atoms with Gasteiger partial charge in [-0.15, -0.1) is 0 Å². The maximum absolute atomic E-state index is 11.2. The molecule has 3 nitrogen and oxygen atoms in total. The van der Waals surface area contributed by atoms with Crippen molar-refractivity contribution < 1.29 is 14.3 Å². The minimum absolute atomic E-state index is 0.535. The molecule has 0 N–H and O–H groups in total. The van der Waals surface area contributed by atoms with Crippen molar-refractivity contribution in [2.75, 3.05) is 0 Å². The molecule has 1 fully saturated rings. The third-order valence-corrected chi connectivity index (χ3v) is 3.20. The largest absolute Gasteiger partial charge is 0.514 e. The number of rotatable bonds is 1. The van der Waals surface area contributed by atoms with Gasteiger partial charge in [0.25, 0.3) is 0 Å². The van der Waals surface area contributed by atoms with Crippen LogP contribution < -0.4 is 0 Å². The molecule has 0 bridgehead atoms. The molecule has 2 aromatic rings. The van der Waals surface area contributed by atoms with E-state index in [0.717, 1.165) is 10.9 Å². The van der Waals surface area contributed by atoms with Crippen LogP contribution in [-0.4, -0.2) is 11.8 Å². The molecule has 0 saturated carbocycles. The van der Waals surface area contributed by atoms with Gasteiger partial charge < -0.3 is 9.47 Å². The molecular weight excluding hydrogens is 240 g/mol. The van der Waals surface area contributed by atoms with Gasteiger partial charge in [0.2, 0.25) is 0 Å². The number of hydrogen-bond donors (Lipinski definition) is 0. The SMILES string of the molecule is CC1(C)OC(=O)OC1=Cc1ccc2ccccc2c1. The summed E-state index contributed by atoms with van der Waals surface area (Å²) in [4.78, 5) is 11.2. The molecule has 0 atom stereocenters. The quantitative estimate of drug-likeness (QED) is 0.718. The van der Waals surface area contributed by atoms with Gasteiger partial charge in [-0.1, -0.05) is 36.4 Å². The molecule has 96 valence electrons. The molecular formula is C16H14O3. The summed E-state index contributed by atoms with van der Waals surface area (Å²) in [7, 11) is 0. The maximum atomic E-state index is 11.2. The average Bonchev–Trinajstić information content (AvgIpc) is 2.62. The first kappa shape index (κ1) is 11.8. The highest BCUT2D eigenvalue weighted by molar-refractivity contribution is 5.85. The number of hydrogen-bond acceptors (Lipinski definition) is 3. The lowest BCUT2D eigenvalue weighted by Crippen LogP contribution is -2.20. The van der Waals surface area contributed by atoms with Gasteiger partial charge in [0.1, 0.15) is 0 Å². The van der Waals surface area contributed by atoms with Gasteiger partial charge in [-0.3, -0.25) is 0 Å². The summed E-state index contributed by atoms with van der Waals surface area (Å²) in [5.74, 6) is 0.535. The summed E-state index contributed by atoms with van der Waals surface area (Å²) >= 11 is 0. The number of ether oxygens (including phenoxy) is 2. The van der Waals surface area contributed by atoms with Crippen LogP contribution in [0, 0.1) is 0 Å². The van der Waals surface area contributed by atoms with Gasteiger partial charge in [0.05, 0.1) is 0 Å². The molecule has 1 saturated heterocycles. The summed E-state index contributed by atoms with van der Waals surface area (Å²) in [6.45, 7) is 3.62. The first-order valence-corrected chi connectivity index (χ1v) is 6.16. The van der Waals surface area contributed by atoms with E-state index in [9.17, 15) is 4.79 Å². The van der Waals surface area contributed by atoms with E-state index in [1.54, 1.807) is 0 Å². The Bertz CT molecular complexity index is 683. The molecule has 1 aliphatic rings. The first-order chi connectivity index (χ1) is 9.04. The topological polar surface area (TPSA) is 35.5 Å². The predicted octanol–water partition coefficient (Wildman–Crippen LogP) is 4.13. The second kappa shape index (κ2) is 4.12. The summed E-state index contributed by atoms with van der Waals surface area (Å²) in [6.07, 6.45) is 1.20. The van der Waals surface area contributed by atoms with Crippen LogP contribution in [0.15, 0.2) is 48.2 Å². The molecule has 19 heavy (non-hydrogen) atoms. The fraction of sp³-hybridized carbons (Fsp3) is 0.188. The number of carbonyl (C=O) groups excluding carboxylic acids is 1. The van der Waals surface area contributed by atoms with Crippen LogP contribution in [0.2, 0.25) is 0 Å². The second-order valence-corrected chi connectivity index (χ2v) is 5.08. The molecule has 0 unspecified atom stereocenters. The zero-order valence-corrected chi connectivity index (χ0v) is 10.8. The van der Waals surface area contributed by atoms with Crippen molar-refractivity contribution in [2.45, 2.75) is 19.4 Å². The minimum atomic E-state index is -0.706. The Morgan fingerprint density at radius 1 is 1.05 bits per heavy atom. The van der Waals surface area contributed by atoms with Crippen molar-refractivity contribution in [3.63, 3.8) is 0 Å². The molecule has 0 aliphatic carbocycles. The normalized spacial score (nSPS) is 19.5. The second-order valence-electron chi connectivity index (χ2n) is 5.08. The zero-order valence-electron chi connectivity index (χ0n) is 10.8. The highest BCUT2D eigenvalue weighted by atomic mass is 16.8. The lowest BCUT2D eigenvalue weighted by atomic mass is 10.0. The highest BCUT2D eigenvalue weighted by Gasteiger charge is 2.39. The molecule has 0 aromatic heterocycles. The minimum Gasteiger partial charge on any atom is -0.420 e. The zero-order chi connectivity index (χ0) is 13.5. The van der Waals surface area contributed by atoms with E-state index in [1.807, 2.05) is 44.2 Å². The van der Waals surface area contributed by atoms with Gasteiger partial charge in [-0.05, 0) is 42.3 Å². The van der Waals surface area contributed by atoms with Crippen molar-refractivity contribution in [1.29, 1.82) is 0 Å². The van der Waals surface area contributed by atoms with Crippen LogP contribution in [-0.2, 0) is 9.47 Å². The fourth-order valence-electron chi connectivity index (χ4n) is 2.14. The number of fused-ring (bicyclic) bond motifs is 1. The number of benzene rings is 2. The third kappa shape index (κ3) is 2.19. The Morgan fingerprint density at radius 3 is 2.47 bits per heavy atom. The molecule has 3 rings (SSSR count). The molecule has 3 heteroatoms. The Morgan fingerprint density at radius 2 is 1.79 bits per heavy atom. The fourth-order valence-corrected chi connectivity index (χ4v) is 2.14. The molecule has 1 heterocycles. The molecule has 2 aromatic carbocycles. The van der Waals surface area contributed by atoms with E-state index in [-0.39, 0.29) is 0 Å². The van der Waals surface area contributed by atoms with E-state index in [2.05, 4.69) is 18.2 Å². The summed E-state index contributed by atoms with van der Waals surface area (Å²) in [5.41, 5.74) is 0.281. The highest BCUT2D eigenvalue weighted by Crippen LogP contribution is 2.31. The number of cyclic esters (lactones) is 2. The lowest BCUT2D eigenvalue weighted by molar-refractivity contribution is 0.0873. The van der Waals surface area contributed by atoms with Crippen LogP contribution in [0.3, 0.4) is 0 Å². The average molecular weight is 254 g/mol. The summed E-state index contributed by atoms with van der Waals surface area (Å²) in [5, 5.41) is 2.34. The van der Waals surface area contributed by atoms with Gasteiger partial charge in [-0.2, -0.15) is 0 Å². The monoisotopic (exact) mass is 254 g/mol. The van der Waals surface area contributed by atoms with Crippen molar-refractivity contribution in [2.24, 2.45) is 0 Å². The summed E-state index contributed by atoms with van der Waals surface area (Å²) in [6, 6.07) is 14.2. The predicted molar refractivity (Wildman–Crippen MR) is 73.6 cm³/mol. The van der Waals surface area contributed by atoms with E-state index >= 15 is 0 Å². The van der Waals surface area contributed by atoms with Crippen molar-refractivity contribution in [3.05, 3.63) is 53.8 Å². The molecule has 0 radical (unpaired) electrons. The maximum Gasteiger partial charge on any atom is 0.514 e. The van der Waals surface area contributed by atoms with E-state index < -0.39 is 11.8 Å². The molecule has 0 amide bonds. The smallest absolute Gasteiger partial charge is 0.420 e. The van der Waals surface area contributed by atoms with Crippen LogP contribution in [0.1, 0.15) is 19.4 Å². The van der Waals surface area contributed by atoms with E-state index in [4.69, 9.17) is 9.47 Å². The van der Waals surface area contributed by atoms with E-state index in [1.165, 1.54) is 5.39 Å². The van der Waals surface area contributed by atoms with Crippen molar-refractivity contribution >= 4 is 23.0 Å². The third-order valence-electron chi connectivity index (χ3n) is 3.20. The molecule has 1 aliphatic heterocycles. The Hall–Kier alpha value is -2.29. The van der Waals surface area contributed by atoms with Gasteiger partial charge in [0, 0.05) is 0 Å². The Kier molecular flexibility index (Phi) is 2.56. The molecule has 0 spiro atoms. The van der Waals surface area contributed by atoms with Gasteiger partial charge in [-0.25, -0.2) is 4.79 Å². The number of carbonyl (C=O) groups is 1. The van der Waals surface area contributed by atoms with Crippen molar-refractivity contribution in [3.8, 4) is 0 Å². The van der Waals surface area contributed by atoms with Crippen LogP contribution in [0.5, 0.6) is 0 Å². The Balaban J connectivity index is 2.03. The first-order valence-electron chi connectivity index (χ1n) is 6.16. The van der Waals surface area contributed by atoms with Gasteiger partial charge in [0.15, 0.2) is 11.4 Å². The standard InChI is InChI=1S/C16H14O3/c1-16(2)14(18-15(17)19-16)10-11-7-8-12-5-3-4-6-13(12)9-11/h3-10H,1-2H3. The van der Waals surface area contributed by atoms with E-state index in [0.29, 0.717) is 5.76 Å². The lowest BCUT2D eigenvalue weighted by Gasteiger charge is -2.13. The Labute approximate surface area is 111 Å². The van der Waals surface area contributed by atoms with Gasteiger partial charge >= 0.3 is 6.16 Å². The van der Waals surface area contributed by atoms with Crippen LogP contribution >= 0.6 is 0 Å². The van der Waals surface area contributed by atoms with Crippen molar-refractivity contribution in [1.82, 2.24) is 0 Å². The van der Waals surface area contributed by atoms with Crippen LogP contribution in [0.4, 0.5) is 4.79 Å². The van der Waals surface area contributed by atoms with Crippen LogP contribution in [0.25, 0.3) is 16.8 Å².